The molecule has 1 aliphatic heterocycles. The fourth-order valence-electron chi connectivity index (χ4n) is 3.44. The van der Waals surface area contributed by atoms with Crippen LogP contribution in [0.3, 0.4) is 0 Å². The summed E-state index contributed by atoms with van der Waals surface area (Å²) in [5.41, 5.74) is 7.76. The minimum atomic E-state index is 0. The number of rotatable bonds is 8. The van der Waals surface area contributed by atoms with Gasteiger partial charge in [0.1, 0.15) is 0 Å². The van der Waals surface area contributed by atoms with Gasteiger partial charge in [-0.3, -0.25) is 9.69 Å². The van der Waals surface area contributed by atoms with Crippen molar-refractivity contribution in [2.75, 3.05) is 32.7 Å². The van der Waals surface area contributed by atoms with Crippen LogP contribution in [-0.4, -0.2) is 60.4 Å². The summed E-state index contributed by atoms with van der Waals surface area (Å²) >= 11 is 0. The van der Waals surface area contributed by atoms with E-state index in [9.17, 15) is 4.79 Å². The van der Waals surface area contributed by atoms with Crippen LogP contribution in [0.15, 0.2) is 29.3 Å². The molecule has 0 saturated carbocycles. The van der Waals surface area contributed by atoms with Gasteiger partial charge in [-0.25, -0.2) is 4.99 Å². The van der Waals surface area contributed by atoms with Gasteiger partial charge >= 0.3 is 0 Å². The number of halogens is 1. The third-order valence-electron chi connectivity index (χ3n) is 5.11. The molecule has 1 aromatic rings. The zero-order valence-electron chi connectivity index (χ0n) is 16.8. The molecule has 1 fully saturated rings. The summed E-state index contributed by atoms with van der Waals surface area (Å²) in [6.07, 6.45) is 2.48. The molecule has 1 aromatic carbocycles. The van der Waals surface area contributed by atoms with Crippen LogP contribution in [0.2, 0.25) is 0 Å². The molecule has 1 unspecified atom stereocenters. The number of amides is 1. The molecule has 1 heterocycles. The number of aliphatic imine (C=N–C) groups is 1. The lowest BCUT2D eigenvalue weighted by Crippen LogP contribution is -2.42. The maximum absolute atomic E-state index is 12.3. The zero-order valence-corrected chi connectivity index (χ0v) is 19.1. The Kier molecular flexibility index (Phi) is 10.7. The van der Waals surface area contributed by atoms with E-state index in [1.807, 2.05) is 43.0 Å². The average molecular weight is 487 g/mol. The van der Waals surface area contributed by atoms with Crippen molar-refractivity contribution in [3.63, 3.8) is 0 Å². The first-order chi connectivity index (χ1) is 12.6. The van der Waals surface area contributed by atoms with Crippen LogP contribution < -0.4 is 11.1 Å². The number of guanidine groups is 1. The Bertz CT molecular complexity index is 601. The van der Waals surface area contributed by atoms with Gasteiger partial charge in [-0.15, -0.1) is 24.0 Å². The predicted octanol–water partition coefficient (Wildman–Crippen LogP) is 2.68. The Morgan fingerprint density at radius 2 is 1.93 bits per heavy atom. The van der Waals surface area contributed by atoms with E-state index < -0.39 is 0 Å². The number of nitrogens with zero attached hydrogens (tertiary/aromatic N) is 3. The molecule has 1 atom stereocenters. The largest absolute Gasteiger partial charge is 0.370 e. The van der Waals surface area contributed by atoms with Gasteiger partial charge in [0, 0.05) is 31.2 Å². The van der Waals surface area contributed by atoms with Crippen molar-refractivity contribution in [3.05, 3.63) is 35.4 Å². The van der Waals surface area contributed by atoms with Gasteiger partial charge < -0.3 is 16.0 Å². The highest BCUT2D eigenvalue weighted by atomic mass is 127. The standard InChI is InChI=1S/C20H33N5O.HI/c1-4-24(5-2)19(26)17-11-9-16(10-12-17)14-22-20(21)23-15-18-8-7-13-25(18)6-3;/h9-12,18H,4-8,13-15H2,1-3H3,(H3,21,22,23);1H. The number of nitrogens with one attached hydrogen (secondary N) is 1. The molecular formula is C20H34IN5O. The topological polar surface area (TPSA) is 74.0 Å². The van der Waals surface area contributed by atoms with Gasteiger partial charge in [-0.1, -0.05) is 19.1 Å². The number of benzene rings is 1. The summed E-state index contributed by atoms with van der Waals surface area (Å²) in [5, 5.41) is 3.24. The minimum absolute atomic E-state index is 0. The molecule has 6 nitrogen and oxygen atoms in total. The van der Waals surface area contributed by atoms with Crippen molar-refractivity contribution in [1.82, 2.24) is 15.1 Å². The Labute approximate surface area is 180 Å². The van der Waals surface area contributed by atoms with Gasteiger partial charge in [-0.2, -0.15) is 0 Å². The quantitative estimate of drug-likeness (QED) is 0.336. The fourth-order valence-corrected chi connectivity index (χ4v) is 3.44. The van der Waals surface area contributed by atoms with Crippen LogP contribution in [-0.2, 0) is 6.54 Å². The molecule has 1 saturated heterocycles. The number of carbonyl (C=O) groups excluding carboxylic acids is 1. The molecule has 7 heteroatoms. The first-order valence-corrected chi connectivity index (χ1v) is 9.75. The highest BCUT2D eigenvalue weighted by Crippen LogP contribution is 2.15. The van der Waals surface area contributed by atoms with Gasteiger partial charge in [0.05, 0.1) is 6.54 Å². The maximum atomic E-state index is 12.3. The molecule has 2 rings (SSSR count). The van der Waals surface area contributed by atoms with Crippen molar-refractivity contribution in [3.8, 4) is 0 Å². The Morgan fingerprint density at radius 1 is 1.26 bits per heavy atom. The Morgan fingerprint density at radius 3 is 2.52 bits per heavy atom. The number of likely N-dealkylation sites (N-methyl/N-ethyl adjacent to an activating group) is 1. The molecular weight excluding hydrogens is 453 g/mol. The first kappa shape index (κ1) is 23.7. The third kappa shape index (κ3) is 6.95. The molecule has 0 aromatic heterocycles. The fraction of sp³-hybridized carbons (Fsp3) is 0.600. The van der Waals surface area contributed by atoms with E-state index in [1.54, 1.807) is 0 Å². The average Bonchev–Trinajstić information content (AvgIpc) is 3.13. The summed E-state index contributed by atoms with van der Waals surface area (Å²) in [7, 11) is 0. The van der Waals surface area contributed by atoms with Gasteiger partial charge in [-0.05, 0) is 57.5 Å². The van der Waals surface area contributed by atoms with Crippen molar-refractivity contribution in [2.24, 2.45) is 10.7 Å². The highest BCUT2D eigenvalue weighted by Gasteiger charge is 2.22. The lowest BCUT2D eigenvalue weighted by Gasteiger charge is -2.23. The monoisotopic (exact) mass is 487 g/mol. The van der Waals surface area contributed by atoms with Crippen LogP contribution in [0.5, 0.6) is 0 Å². The lowest BCUT2D eigenvalue weighted by atomic mass is 10.1. The van der Waals surface area contributed by atoms with Crippen molar-refractivity contribution in [2.45, 2.75) is 46.2 Å². The molecule has 0 aliphatic carbocycles. The summed E-state index contributed by atoms with van der Waals surface area (Å²) < 4.78 is 0. The van der Waals surface area contributed by atoms with E-state index in [0.29, 0.717) is 24.1 Å². The van der Waals surface area contributed by atoms with Crippen LogP contribution in [0.1, 0.15) is 49.5 Å². The van der Waals surface area contributed by atoms with Gasteiger partial charge in [0.15, 0.2) is 5.96 Å². The van der Waals surface area contributed by atoms with Crippen LogP contribution in [0, 0.1) is 0 Å². The third-order valence-corrected chi connectivity index (χ3v) is 5.11. The number of hydrogen-bond acceptors (Lipinski definition) is 3. The normalized spacial score (nSPS) is 17.4. The predicted molar refractivity (Wildman–Crippen MR) is 123 cm³/mol. The second kappa shape index (κ2) is 12.2. The highest BCUT2D eigenvalue weighted by molar-refractivity contribution is 14.0. The number of carbonyl (C=O) groups is 1. The van der Waals surface area contributed by atoms with Crippen molar-refractivity contribution in [1.29, 1.82) is 0 Å². The van der Waals surface area contributed by atoms with E-state index in [2.05, 4.69) is 22.1 Å². The van der Waals surface area contributed by atoms with E-state index in [1.165, 1.54) is 19.4 Å². The van der Waals surface area contributed by atoms with Crippen LogP contribution in [0.4, 0.5) is 0 Å². The summed E-state index contributed by atoms with van der Waals surface area (Å²) in [6.45, 7) is 11.3. The maximum Gasteiger partial charge on any atom is 0.253 e. The van der Waals surface area contributed by atoms with E-state index >= 15 is 0 Å². The first-order valence-electron chi connectivity index (χ1n) is 9.75. The SMILES string of the molecule is CCN(CC)C(=O)c1ccc(CN=C(N)NCC2CCCN2CC)cc1.I. The van der Waals surface area contributed by atoms with E-state index in [-0.39, 0.29) is 29.9 Å². The molecule has 0 bridgehead atoms. The van der Waals surface area contributed by atoms with Gasteiger partial charge in [0.25, 0.3) is 5.91 Å². The second-order valence-electron chi connectivity index (χ2n) is 6.68. The molecule has 0 spiro atoms. The summed E-state index contributed by atoms with van der Waals surface area (Å²) in [5.74, 6) is 0.555. The molecule has 3 N–H and O–H groups in total. The number of nitrogens with two attached hydrogens (primary N) is 1. The van der Waals surface area contributed by atoms with Crippen LogP contribution in [0.25, 0.3) is 0 Å². The minimum Gasteiger partial charge on any atom is -0.370 e. The van der Waals surface area contributed by atoms with Crippen LogP contribution >= 0.6 is 24.0 Å². The lowest BCUT2D eigenvalue weighted by molar-refractivity contribution is 0.0773. The van der Waals surface area contributed by atoms with E-state index in [4.69, 9.17) is 5.73 Å². The Balaban J connectivity index is 0.00000364. The van der Waals surface area contributed by atoms with Crippen molar-refractivity contribution < 1.29 is 4.79 Å². The van der Waals surface area contributed by atoms with E-state index in [0.717, 1.165) is 31.7 Å². The molecule has 0 radical (unpaired) electrons. The number of hydrogen-bond donors (Lipinski definition) is 2. The van der Waals surface area contributed by atoms with Gasteiger partial charge in [0.2, 0.25) is 0 Å². The molecule has 1 aliphatic rings. The zero-order chi connectivity index (χ0) is 18.9. The molecule has 1 amide bonds. The smallest absolute Gasteiger partial charge is 0.253 e. The summed E-state index contributed by atoms with van der Waals surface area (Å²) in [4.78, 5) is 21.0. The Hall–Kier alpha value is -1.35. The summed E-state index contributed by atoms with van der Waals surface area (Å²) in [6, 6.07) is 8.19. The molecule has 27 heavy (non-hydrogen) atoms. The second-order valence-corrected chi connectivity index (χ2v) is 6.68. The number of likely N-dealkylation sites (tertiary alicyclic amines) is 1. The molecule has 152 valence electrons. The van der Waals surface area contributed by atoms with Crippen molar-refractivity contribution >= 4 is 35.8 Å².